The van der Waals surface area contributed by atoms with Gasteiger partial charge >= 0.3 is 0 Å². The highest BCUT2D eigenvalue weighted by Crippen LogP contribution is 2.28. The highest BCUT2D eigenvalue weighted by molar-refractivity contribution is 5.94. The average molecular weight is 242 g/mol. The van der Waals surface area contributed by atoms with Gasteiger partial charge in [-0.3, -0.25) is 19.9 Å². The number of pyridine rings is 1. The molecule has 0 bridgehead atoms. The second-order valence-electron chi connectivity index (χ2n) is 3.78. The van der Waals surface area contributed by atoms with Gasteiger partial charge in [-0.15, -0.1) is 0 Å². The highest BCUT2D eigenvalue weighted by Gasteiger charge is 2.14. The Morgan fingerprint density at radius 1 is 1.22 bits per heavy atom. The second-order valence-corrected chi connectivity index (χ2v) is 3.78. The van der Waals surface area contributed by atoms with Crippen molar-refractivity contribution in [3.05, 3.63) is 58.4 Å². The Kier molecular flexibility index (Phi) is 3.14. The predicted molar refractivity (Wildman–Crippen MR) is 66.3 cm³/mol. The number of ketones is 1. The van der Waals surface area contributed by atoms with Crippen LogP contribution in [0.2, 0.25) is 0 Å². The molecule has 18 heavy (non-hydrogen) atoms. The Hall–Kier alpha value is -2.56. The molecule has 0 N–H and O–H groups in total. The molecule has 5 nitrogen and oxygen atoms in total. The summed E-state index contributed by atoms with van der Waals surface area (Å²) >= 11 is 0. The fourth-order valence-electron chi connectivity index (χ4n) is 1.66. The first-order valence-electron chi connectivity index (χ1n) is 5.29. The summed E-state index contributed by atoms with van der Waals surface area (Å²) in [4.78, 5) is 25.3. The number of nitrogens with zero attached hydrogens (tertiary/aromatic N) is 2. The van der Waals surface area contributed by atoms with Gasteiger partial charge in [0.1, 0.15) is 6.20 Å². The second kappa shape index (κ2) is 4.75. The molecule has 0 aliphatic heterocycles. The van der Waals surface area contributed by atoms with Gasteiger partial charge < -0.3 is 0 Å². The molecule has 2 aromatic rings. The molecule has 0 aliphatic carbocycles. The van der Waals surface area contributed by atoms with Crippen molar-refractivity contribution in [3.63, 3.8) is 0 Å². The summed E-state index contributed by atoms with van der Waals surface area (Å²) in [7, 11) is 0. The first kappa shape index (κ1) is 11.9. The van der Waals surface area contributed by atoms with Crippen LogP contribution >= 0.6 is 0 Å². The Morgan fingerprint density at radius 2 is 1.89 bits per heavy atom. The van der Waals surface area contributed by atoms with Crippen LogP contribution in [0.3, 0.4) is 0 Å². The van der Waals surface area contributed by atoms with E-state index in [-0.39, 0.29) is 11.5 Å². The zero-order valence-electron chi connectivity index (χ0n) is 9.66. The van der Waals surface area contributed by atoms with E-state index >= 15 is 0 Å². The molecule has 0 spiro atoms. The highest BCUT2D eigenvalue weighted by atomic mass is 16.6. The topological polar surface area (TPSA) is 73.1 Å². The van der Waals surface area contributed by atoms with E-state index in [1.165, 1.54) is 19.3 Å². The van der Waals surface area contributed by atoms with Crippen LogP contribution < -0.4 is 0 Å². The van der Waals surface area contributed by atoms with Crippen molar-refractivity contribution in [2.24, 2.45) is 0 Å². The maximum absolute atomic E-state index is 11.2. The largest absolute Gasteiger partial charge is 0.295 e. The number of rotatable bonds is 3. The molecule has 1 heterocycles. The first-order valence-corrected chi connectivity index (χ1v) is 5.29. The average Bonchev–Trinajstić information content (AvgIpc) is 2.39. The van der Waals surface area contributed by atoms with Crippen LogP contribution in [-0.4, -0.2) is 15.7 Å². The summed E-state index contributed by atoms with van der Waals surface area (Å²) in [6.07, 6.45) is 2.72. The third kappa shape index (κ3) is 2.24. The normalized spacial score (nSPS) is 10.1. The van der Waals surface area contributed by atoms with Gasteiger partial charge in [0.05, 0.1) is 10.5 Å². The zero-order chi connectivity index (χ0) is 13.1. The molecule has 0 saturated heterocycles. The molecular weight excluding hydrogens is 232 g/mol. The molecule has 0 fully saturated rings. The number of Topliss-reactive ketones (excluding diaryl/α,β-unsaturated/α-hetero) is 1. The lowest BCUT2D eigenvalue weighted by Crippen LogP contribution is -1.94. The van der Waals surface area contributed by atoms with E-state index in [9.17, 15) is 14.9 Å². The third-order valence-corrected chi connectivity index (χ3v) is 2.60. The Balaban J connectivity index is 2.49. The van der Waals surface area contributed by atoms with Crippen LogP contribution in [-0.2, 0) is 0 Å². The van der Waals surface area contributed by atoms with Crippen LogP contribution in [0, 0.1) is 10.1 Å². The molecule has 1 aromatic carbocycles. The van der Waals surface area contributed by atoms with E-state index in [0.29, 0.717) is 16.7 Å². The van der Waals surface area contributed by atoms with E-state index < -0.39 is 4.92 Å². The number of nitro groups is 1. The molecule has 0 radical (unpaired) electrons. The summed E-state index contributed by atoms with van der Waals surface area (Å²) in [5.74, 6) is -0.0363. The summed E-state index contributed by atoms with van der Waals surface area (Å²) in [6.45, 7) is 1.48. The number of aromatic nitrogens is 1. The molecule has 90 valence electrons. The minimum atomic E-state index is -0.471. The van der Waals surface area contributed by atoms with Gasteiger partial charge in [0, 0.05) is 11.8 Å². The summed E-state index contributed by atoms with van der Waals surface area (Å²) in [5, 5.41) is 10.9. The van der Waals surface area contributed by atoms with Crippen LogP contribution in [0.25, 0.3) is 11.1 Å². The quantitative estimate of drug-likeness (QED) is 0.471. The molecule has 0 unspecified atom stereocenters. The molecule has 0 saturated carbocycles. The fraction of sp³-hybridized carbons (Fsp3) is 0.0769. The Morgan fingerprint density at radius 3 is 2.44 bits per heavy atom. The van der Waals surface area contributed by atoms with E-state index in [1.54, 1.807) is 30.3 Å². The minimum Gasteiger partial charge on any atom is -0.295 e. The van der Waals surface area contributed by atoms with Crippen LogP contribution in [0.15, 0.2) is 42.7 Å². The van der Waals surface area contributed by atoms with Gasteiger partial charge in [0.25, 0.3) is 5.69 Å². The molecule has 0 amide bonds. The van der Waals surface area contributed by atoms with E-state index in [0.717, 1.165) is 0 Å². The standard InChI is InChI=1S/C13H10N2O3/c1-9(16)10-2-4-11(5-3-10)12-6-7-14-8-13(12)15(17)18/h2-8H,1H3. The summed E-state index contributed by atoms with van der Waals surface area (Å²) in [5.41, 5.74) is 1.71. The lowest BCUT2D eigenvalue weighted by atomic mass is 10.0. The number of carbonyl (C=O) groups is 1. The van der Waals surface area contributed by atoms with Gasteiger partial charge in [-0.05, 0) is 18.6 Å². The van der Waals surface area contributed by atoms with Gasteiger partial charge in [0.2, 0.25) is 0 Å². The van der Waals surface area contributed by atoms with Crippen molar-refractivity contribution >= 4 is 11.5 Å². The van der Waals surface area contributed by atoms with E-state index in [4.69, 9.17) is 0 Å². The number of hydrogen-bond donors (Lipinski definition) is 0. The maximum Gasteiger partial charge on any atom is 0.295 e. The number of benzene rings is 1. The molecule has 5 heteroatoms. The van der Waals surface area contributed by atoms with Crippen molar-refractivity contribution in [3.8, 4) is 11.1 Å². The molecule has 0 atom stereocenters. The van der Waals surface area contributed by atoms with Gasteiger partial charge in [-0.1, -0.05) is 24.3 Å². The van der Waals surface area contributed by atoms with Crippen LogP contribution in [0.5, 0.6) is 0 Å². The molecule has 0 aliphatic rings. The fourth-order valence-corrected chi connectivity index (χ4v) is 1.66. The minimum absolute atomic E-state index is 0.0363. The number of carbonyl (C=O) groups excluding carboxylic acids is 1. The SMILES string of the molecule is CC(=O)c1ccc(-c2ccncc2[N+](=O)[O-])cc1. The third-order valence-electron chi connectivity index (χ3n) is 2.60. The summed E-state index contributed by atoms with van der Waals surface area (Å²) < 4.78 is 0. The van der Waals surface area contributed by atoms with E-state index in [1.807, 2.05) is 0 Å². The van der Waals surface area contributed by atoms with Gasteiger partial charge in [-0.2, -0.15) is 0 Å². The lowest BCUT2D eigenvalue weighted by Gasteiger charge is -2.03. The molecule has 1 aromatic heterocycles. The predicted octanol–water partition coefficient (Wildman–Crippen LogP) is 2.86. The van der Waals surface area contributed by atoms with Gasteiger partial charge in [-0.25, -0.2) is 0 Å². The smallest absolute Gasteiger partial charge is 0.295 e. The molecular formula is C13H10N2O3. The lowest BCUT2D eigenvalue weighted by molar-refractivity contribution is -0.384. The van der Waals surface area contributed by atoms with Crippen molar-refractivity contribution < 1.29 is 9.72 Å². The van der Waals surface area contributed by atoms with Gasteiger partial charge in [0.15, 0.2) is 5.78 Å². The van der Waals surface area contributed by atoms with Crippen LogP contribution in [0.4, 0.5) is 5.69 Å². The van der Waals surface area contributed by atoms with Crippen molar-refractivity contribution in [2.75, 3.05) is 0 Å². The van der Waals surface area contributed by atoms with Crippen LogP contribution in [0.1, 0.15) is 17.3 Å². The van der Waals surface area contributed by atoms with Crippen molar-refractivity contribution in [1.29, 1.82) is 0 Å². The Bertz CT molecular complexity index is 606. The van der Waals surface area contributed by atoms with Crippen molar-refractivity contribution in [2.45, 2.75) is 6.92 Å². The zero-order valence-corrected chi connectivity index (χ0v) is 9.66. The van der Waals surface area contributed by atoms with Crippen molar-refractivity contribution in [1.82, 2.24) is 4.98 Å². The van der Waals surface area contributed by atoms with E-state index in [2.05, 4.69) is 4.98 Å². The maximum atomic E-state index is 11.2. The Labute approximate surface area is 103 Å². The first-order chi connectivity index (χ1) is 8.59. The monoisotopic (exact) mass is 242 g/mol. The molecule has 2 rings (SSSR count). The summed E-state index contributed by atoms with van der Waals surface area (Å²) in [6, 6.07) is 8.28. The number of hydrogen-bond acceptors (Lipinski definition) is 4.